The molecule has 1 aromatic rings. The molecule has 27 heavy (non-hydrogen) atoms. The zero-order chi connectivity index (χ0) is 19.9. The first kappa shape index (κ1) is 21.9. The van der Waals surface area contributed by atoms with Gasteiger partial charge in [-0.1, -0.05) is 45.9 Å². The van der Waals surface area contributed by atoms with Crippen LogP contribution >= 0.6 is 7.36 Å². The lowest BCUT2D eigenvalue weighted by Crippen LogP contribution is -2.34. The molecule has 0 atom stereocenters. The van der Waals surface area contributed by atoms with Crippen LogP contribution in [0.5, 0.6) is 0 Å². The van der Waals surface area contributed by atoms with E-state index < -0.39 is 7.36 Å². The first-order valence-corrected chi connectivity index (χ1v) is 11.8. The van der Waals surface area contributed by atoms with Crippen LogP contribution < -0.4 is 0 Å². The molecule has 150 valence electrons. The number of amides is 1. The highest BCUT2D eigenvalue weighted by Crippen LogP contribution is 2.66. The smallest absolute Gasteiger partial charge is 0.278 e. The second-order valence-corrected chi connectivity index (χ2v) is 9.73. The van der Waals surface area contributed by atoms with Crippen LogP contribution in [0.3, 0.4) is 0 Å². The maximum Gasteiger partial charge on any atom is 0.278 e. The quantitative estimate of drug-likeness (QED) is 0.562. The monoisotopic (exact) mass is 391 g/mol. The molecule has 1 N–H and O–H groups in total. The molecule has 0 bridgehead atoms. The van der Waals surface area contributed by atoms with E-state index in [9.17, 15) is 9.90 Å². The molecule has 0 saturated heterocycles. The molecule has 0 spiro atoms. The fourth-order valence-corrected chi connectivity index (χ4v) is 8.18. The van der Waals surface area contributed by atoms with E-state index in [1.54, 1.807) is 0 Å². The molecule has 1 aromatic carbocycles. The lowest BCUT2D eigenvalue weighted by molar-refractivity contribution is 0.100. The maximum atomic E-state index is 13.2. The van der Waals surface area contributed by atoms with Crippen LogP contribution in [0.2, 0.25) is 0 Å². The Morgan fingerprint density at radius 1 is 0.963 bits per heavy atom. The number of benzene rings is 1. The van der Waals surface area contributed by atoms with Crippen molar-refractivity contribution in [2.75, 3.05) is 26.2 Å². The van der Waals surface area contributed by atoms with Crippen molar-refractivity contribution >= 4 is 13.3 Å². The van der Waals surface area contributed by atoms with Crippen LogP contribution in [-0.2, 0) is 0 Å². The van der Waals surface area contributed by atoms with E-state index in [0.29, 0.717) is 17.7 Å². The van der Waals surface area contributed by atoms with Crippen LogP contribution in [0.15, 0.2) is 46.2 Å². The van der Waals surface area contributed by atoms with Gasteiger partial charge in [0.25, 0.3) is 5.91 Å². The summed E-state index contributed by atoms with van der Waals surface area (Å²) in [7, 11) is -2.50. The summed E-state index contributed by atoms with van der Waals surface area (Å²) < 4.78 is 9.58. The number of aliphatic hydroxyl groups is 1. The Morgan fingerprint density at radius 2 is 1.48 bits per heavy atom. The van der Waals surface area contributed by atoms with Gasteiger partial charge in [0.05, 0.1) is 5.76 Å². The minimum Gasteiger partial charge on any atom is -0.512 e. The van der Waals surface area contributed by atoms with Crippen molar-refractivity contribution in [2.45, 2.75) is 53.4 Å². The van der Waals surface area contributed by atoms with Crippen LogP contribution in [0, 0.1) is 0 Å². The van der Waals surface area contributed by atoms with E-state index in [0.717, 1.165) is 50.8 Å². The molecule has 1 aliphatic carbocycles. The Kier molecular flexibility index (Phi) is 8.28. The van der Waals surface area contributed by atoms with E-state index in [1.807, 2.05) is 30.3 Å². The number of allylic oxidation sites excluding steroid dienone is 2. The van der Waals surface area contributed by atoms with E-state index in [4.69, 9.17) is 4.74 Å². The van der Waals surface area contributed by atoms with Gasteiger partial charge in [-0.2, -0.15) is 4.74 Å². The lowest BCUT2D eigenvalue weighted by Gasteiger charge is -2.45. The predicted octanol–water partition coefficient (Wildman–Crippen LogP) is 5.89. The lowest BCUT2D eigenvalue weighted by atomic mass is 10.1. The molecular weight excluding hydrogens is 357 g/mol. The molecule has 1 amide bonds. The summed E-state index contributed by atoms with van der Waals surface area (Å²) in [6.45, 7) is 11.6. The van der Waals surface area contributed by atoms with Gasteiger partial charge in [0.1, 0.15) is 7.36 Å². The van der Waals surface area contributed by atoms with E-state index in [1.165, 1.54) is 0 Å². The van der Waals surface area contributed by atoms with Crippen molar-refractivity contribution in [3.8, 4) is 0 Å². The van der Waals surface area contributed by atoms with Gasteiger partial charge in [0, 0.05) is 43.5 Å². The van der Waals surface area contributed by atoms with Crippen LogP contribution in [0.1, 0.15) is 63.7 Å². The summed E-state index contributed by atoms with van der Waals surface area (Å²) >= 11 is 0. The van der Waals surface area contributed by atoms with Gasteiger partial charge in [-0.25, -0.2) is 0 Å². The van der Waals surface area contributed by atoms with Gasteiger partial charge in [-0.3, -0.25) is 14.1 Å². The maximum absolute atomic E-state index is 13.2. The highest BCUT2D eigenvalue weighted by atomic mass is 31.2. The topological polar surface area (TPSA) is 56.1 Å². The third-order valence-electron chi connectivity index (χ3n) is 5.27. The zero-order valence-corrected chi connectivity index (χ0v) is 18.1. The molecule has 0 aliphatic heterocycles. The van der Waals surface area contributed by atoms with Gasteiger partial charge in [0.2, 0.25) is 0 Å². The van der Waals surface area contributed by atoms with Crippen molar-refractivity contribution in [3.63, 3.8) is 0 Å². The van der Waals surface area contributed by atoms with Crippen LogP contribution in [-0.4, -0.2) is 46.5 Å². The van der Waals surface area contributed by atoms with Crippen molar-refractivity contribution in [2.24, 2.45) is 4.74 Å². The fourth-order valence-electron chi connectivity index (χ4n) is 3.90. The van der Waals surface area contributed by atoms with E-state index in [2.05, 4.69) is 37.0 Å². The summed E-state index contributed by atoms with van der Waals surface area (Å²) in [5.74, 6) is 0.270. The van der Waals surface area contributed by atoms with Gasteiger partial charge < -0.3 is 5.11 Å². The first-order valence-electron chi connectivity index (χ1n) is 10.2. The molecule has 0 saturated carbocycles. The van der Waals surface area contributed by atoms with Crippen molar-refractivity contribution in [1.29, 1.82) is 0 Å². The largest absolute Gasteiger partial charge is 0.512 e. The predicted molar refractivity (Wildman–Crippen MR) is 114 cm³/mol. The van der Waals surface area contributed by atoms with Crippen LogP contribution in [0.4, 0.5) is 0 Å². The van der Waals surface area contributed by atoms with Crippen LogP contribution in [0.25, 0.3) is 0 Å². The Labute approximate surface area is 164 Å². The van der Waals surface area contributed by atoms with Crippen molar-refractivity contribution in [1.82, 2.24) is 9.34 Å². The average molecular weight is 391 g/mol. The summed E-state index contributed by atoms with van der Waals surface area (Å²) in [5, 5.41) is 11.9. The third-order valence-corrected chi connectivity index (χ3v) is 9.65. The number of nitrogens with zero attached hydrogens (tertiary/aromatic N) is 3. The summed E-state index contributed by atoms with van der Waals surface area (Å²) in [6.07, 6.45) is 3.55. The second-order valence-electron chi connectivity index (χ2n) is 6.72. The zero-order valence-electron chi connectivity index (χ0n) is 17.2. The van der Waals surface area contributed by atoms with Crippen molar-refractivity contribution in [3.05, 3.63) is 47.0 Å². The van der Waals surface area contributed by atoms with Gasteiger partial charge in [0.15, 0.2) is 0 Å². The minimum atomic E-state index is -2.50. The Bertz CT molecular complexity index is 691. The van der Waals surface area contributed by atoms with Gasteiger partial charge >= 0.3 is 0 Å². The molecule has 0 aromatic heterocycles. The summed E-state index contributed by atoms with van der Waals surface area (Å²) in [4.78, 5) is 13.2. The second kappa shape index (κ2) is 10.2. The number of carbonyl (C=O) groups excluding carboxylic acids is 1. The molecule has 6 heteroatoms. The average Bonchev–Trinajstić information content (AvgIpc) is 2.70. The van der Waals surface area contributed by atoms with Gasteiger partial charge in [-0.05, 0) is 31.4 Å². The number of carbonyl (C=O) groups is 1. The Morgan fingerprint density at radius 3 is 1.96 bits per heavy atom. The summed E-state index contributed by atoms with van der Waals surface area (Å²) in [5.41, 5.74) is 0.608. The molecular formula is C21H34N3O2P. The molecule has 0 radical (unpaired) electrons. The first-order chi connectivity index (χ1) is 13.0. The highest BCUT2D eigenvalue weighted by Gasteiger charge is 2.39. The normalized spacial score (nSPS) is 15.5. The molecule has 2 rings (SSSR count). The Hall–Kier alpha value is -1.42. The van der Waals surface area contributed by atoms with Crippen molar-refractivity contribution < 1.29 is 9.90 Å². The summed E-state index contributed by atoms with van der Waals surface area (Å²) in [6, 6.07) is 9.29. The standard InChI is InChI=1S/C21H34N3O2P/c1-5-23(6-2)27(24(7-3)8-4,20-17-13-12-16-19(20)25)22-21(26)18-14-10-9-11-15-18/h9-11,14-15,25H,5-8,12-13,16-17H2,1-4H3. The molecule has 5 nitrogen and oxygen atoms in total. The van der Waals surface area contributed by atoms with E-state index in [-0.39, 0.29) is 5.91 Å². The highest BCUT2D eigenvalue weighted by molar-refractivity contribution is 7.66. The number of hydrogen-bond donors (Lipinski definition) is 1. The SMILES string of the molecule is CCN(CC)P(=NC(=O)c1ccccc1)(C1=C(O)CCCC1)N(CC)CC. The number of aliphatic hydroxyl groups excluding tert-OH is 1. The number of hydrogen-bond acceptors (Lipinski definition) is 2. The Balaban J connectivity index is 2.78. The molecule has 1 aliphatic rings. The molecule has 0 heterocycles. The molecule has 0 fully saturated rings. The fraction of sp³-hybridized carbons (Fsp3) is 0.571. The minimum absolute atomic E-state index is 0.186. The third kappa shape index (κ3) is 4.53. The van der Waals surface area contributed by atoms with E-state index >= 15 is 0 Å². The molecule has 0 unspecified atom stereocenters. The number of rotatable bonds is 8. The van der Waals surface area contributed by atoms with Gasteiger partial charge in [-0.15, -0.1) is 0 Å².